The third-order valence-electron chi connectivity index (χ3n) is 4.99. The molecule has 2 fully saturated rings. The molecule has 0 bridgehead atoms. The molecule has 7 heteroatoms. The Kier molecular flexibility index (Phi) is 5.85. The van der Waals surface area contributed by atoms with Gasteiger partial charge in [0.15, 0.2) is 11.5 Å². The van der Waals surface area contributed by atoms with Crippen molar-refractivity contribution in [2.75, 3.05) is 14.2 Å². The van der Waals surface area contributed by atoms with Gasteiger partial charge in [0.05, 0.1) is 20.3 Å². The molecule has 1 aliphatic carbocycles. The van der Waals surface area contributed by atoms with Crippen molar-refractivity contribution in [3.05, 3.63) is 18.2 Å². The Hall–Kier alpha value is -2.44. The standard InChI is InChI=1S/C19H26N2O5/c1-24-15-4-3-5-16(18(15)25-2)26-13-8-6-12(7-9-13)20-19(23)14-10-11-17(22)21-14/h3-5,12-14H,6-11H2,1-2H3,(H,20,23)(H,21,22). The lowest BCUT2D eigenvalue weighted by Crippen LogP contribution is -2.47. The number of ether oxygens (including phenoxy) is 3. The van der Waals surface area contributed by atoms with Gasteiger partial charge in [-0.3, -0.25) is 9.59 Å². The van der Waals surface area contributed by atoms with E-state index in [0.29, 0.717) is 30.1 Å². The van der Waals surface area contributed by atoms with E-state index in [4.69, 9.17) is 14.2 Å². The molecule has 1 saturated carbocycles. The molecule has 1 unspecified atom stereocenters. The maximum Gasteiger partial charge on any atom is 0.242 e. The Balaban J connectivity index is 1.50. The van der Waals surface area contributed by atoms with Gasteiger partial charge in [-0.05, 0) is 44.2 Å². The van der Waals surface area contributed by atoms with Crippen LogP contribution in [0.25, 0.3) is 0 Å². The number of benzene rings is 1. The summed E-state index contributed by atoms with van der Waals surface area (Å²) < 4.78 is 16.8. The molecule has 26 heavy (non-hydrogen) atoms. The second-order valence-corrected chi connectivity index (χ2v) is 6.75. The number of nitrogens with one attached hydrogen (secondary N) is 2. The van der Waals surface area contributed by atoms with E-state index in [1.165, 1.54) is 0 Å². The number of hydrogen-bond acceptors (Lipinski definition) is 5. The average Bonchev–Trinajstić information content (AvgIpc) is 3.09. The molecule has 1 aliphatic heterocycles. The highest BCUT2D eigenvalue weighted by Gasteiger charge is 2.30. The van der Waals surface area contributed by atoms with Crippen molar-refractivity contribution in [1.29, 1.82) is 0 Å². The van der Waals surface area contributed by atoms with Gasteiger partial charge < -0.3 is 24.8 Å². The van der Waals surface area contributed by atoms with Crippen molar-refractivity contribution in [2.24, 2.45) is 0 Å². The second kappa shape index (κ2) is 8.29. The van der Waals surface area contributed by atoms with Gasteiger partial charge in [-0.2, -0.15) is 0 Å². The number of para-hydroxylation sites is 1. The monoisotopic (exact) mass is 362 g/mol. The van der Waals surface area contributed by atoms with Crippen LogP contribution in [0, 0.1) is 0 Å². The molecule has 142 valence electrons. The first kappa shape index (κ1) is 18.4. The smallest absolute Gasteiger partial charge is 0.242 e. The van der Waals surface area contributed by atoms with E-state index in [1.54, 1.807) is 14.2 Å². The summed E-state index contributed by atoms with van der Waals surface area (Å²) >= 11 is 0. The molecular weight excluding hydrogens is 336 g/mol. The predicted molar refractivity (Wildman–Crippen MR) is 95.5 cm³/mol. The summed E-state index contributed by atoms with van der Waals surface area (Å²) in [5, 5.41) is 5.76. The molecule has 1 aromatic carbocycles. The first-order valence-corrected chi connectivity index (χ1v) is 9.08. The summed E-state index contributed by atoms with van der Waals surface area (Å²) in [5.74, 6) is 1.80. The summed E-state index contributed by atoms with van der Waals surface area (Å²) in [5.41, 5.74) is 0. The van der Waals surface area contributed by atoms with Crippen LogP contribution >= 0.6 is 0 Å². The molecule has 2 N–H and O–H groups in total. The fourth-order valence-electron chi connectivity index (χ4n) is 3.57. The molecule has 0 aromatic heterocycles. The van der Waals surface area contributed by atoms with Crippen LogP contribution in [0.5, 0.6) is 17.2 Å². The largest absolute Gasteiger partial charge is 0.493 e. The highest BCUT2D eigenvalue weighted by atomic mass is 16.5. The summed E-state index contributed by atoms with van der Waals surface area (Å²) in [4.78, 5) is 23.4. The van der Waals surface area contributed by atoms with Crippen molar-refractivity contribution in [3.8, 4) is 17.2 Å². The number of rotatable bonds is 6. The van der Waals surface area contributed by atoms with Crippen LogP contribution in [0.1, 0.15) is 38.5 Å². The van der Waals surface area contributed by atoms with Crippen molar-refractivity contribution < 1.29 is 23.8 Å². The minimum absolute atomic E-state index is 0.0468. The van der Waals surface area contributed by atoms with E-state index in [2.05, 4.69) is 10.6 Å². The van der Waals surface area contributed by atoms with E-state index in [1.807, 2.05) is 18.2 Å². The van der Waals surface area contributed by atoms with E-state index in [9.17, 15) is 9.59 Å². The van der Waals surface area contributed by atoms with Crippen molar-refractivity contribution in [3.63, 3.8) is 0 Å². The van der Waals surface area contributed by atoms with Gasteiger partial charge in [-0.15, -0.1) is 0 Å². The van der Waals surface area contributed by atoms with Crippen LogP contribution in [0.3, 0.4) is 0 Å². The zero-order chi connectivity index (χ0) is 18.5. The topological polar surface area (TPSA) is 85.9 Å². The zero-order valence-corrected chi connectivity index (χ0v) is 15.2. The Morgan fingerprint density at radius 1 is 1.08 bits per heavy atom. The normalized spacial score (nSPS) is 25.3. The summed E-state index contributed by atoms with van der Waals surface area (Å²) in [6.45, 7) is 0. The minimum Gasteiger partial charge on any atom is -0.493 e. The molecule has 1 saturated heterocycles. The minimum atomic E-state index is -0.377. The molecule has 1 heterocycles. The number of carbonyl (C=O) groups is 2. The quantitative estimate of drug-likeness (QED) is 0.806. The molecule has 7 nitrogen and oxygen atoms in total. The summed E-state index contributed by atoms with van der Waals surface area (Å²) in [6.07, 6.45) is 4.49. The van der Waals surface area contributed by atoms with Crippen molar-refractivity contribution in [2.45, 2.75) is 56.7 Å². The van der Waals surface area contributed by atoms with Gasteiger partial charge in [-0.25, -0.2) is 0 Å². The van der Waals surface area contributed by atoms with Crippen molar-refractivity contribution in [1.82, 2.24) is 10.6 Å². The van der Waals surface area contributed by atoms with Crippen molar-refractivity contribution >= 4 is 11.8 Å². The van der Waals surface area contributed by atoms with Crippen LogP contribution in [-0.4, -0.2) is 44.2 Å². The van der Waals surface area contributed by atoms with Crippen LogP contribution in [0.4, 0.5) is 0 Å². The molecule has 1 aromatic rings. The van der Waals surface area contributed by atoms with Gasteiger partial charge in [0, 0.05) is 12.5 Å². The maximum atomic E-state index is 12.2. The van der Waals surface area contributed by atoms with E-state index >= 15 is 0 Å². The molecule has 0 radical (unpaired) electrons. The Labute approximate surface area is 153 Å². The highest BCUT2D eigenvalue weighted by molar-refractivity contribution is 5.90. The molecule has 1 atom stereocenters. The number of carbonyl (C=O) groups excluding carboxylic acids is 2. The molecule has 2 aliphatic rings. The van der Waals surface area contributed by atoms with Crippen LogP contribution in [0.15, 0.2) is 18.2 Å². The van der Waals surface area contributed by atoms with Crippen LogP contribution in [0.2, 0.25) is 0 Å². The predicted octanol–water partition coefficient (Wildman–Crippen LogP) is 1.79. The number of amides is 2. The van der Waals surface area contributed by atoms with Crippen LogP contribution in [-0.2, 0) is 9.59 Å². The highest BCUT2D eigenvalue weighted by Crippen LogP contribution is 2.38. The van der Waals surface area contributed by atoms with Gasteiger partial charge in [0.1, 0.15) is 6.04 Å². The first-order valence-electron chi connectivity index (χ1n) is 9.08. The van der Waals surface area contributed by atoms with E-state index in [0.717, 1.165) is 25.7 Å². The van der Waals surface area contributed by atoms with Crippen LogP contribution < -0.4 is 24.8 Å². The summed E-state index contributed by atoms with van der Waals surface area (Å²) in [6, 6.07) is 5.33. The molecular formula is C19H26N2O5. The zero-order valence-electron chi connectivity index (χ0n) is 15.2. The second-order valence-electron chi connectivity index (χ2n) is 6.75. The maximum absolute atomic E-state index is 12.2. The van der Waals surface area contributed by atoms with Gasteiger partial charge in [0.2, 0.25) is 17.6 Å². The van der Waals surface area contributed by atoms with E-state index in [-0.39, 0.29) is 30.0 Å². The number of hydrogen-bond donors (Lipinski definition) is 2. The summed E-state index contributed by atoms with van der Waals surface area (Å²) in [7, 11) is 3.20. The Morgan fingerprint density at radius 2 is 1.81 bits per heavy atom. The van der Waals surface area contributed by atoms with Gasteiger partial charge in [-0.1, -0.05) is 6.07 Å². The molecule has 0 spiro atoms. The fourth-order valence-corrected chi connectivity index (χ4v) is 3.57. The lowest BCUT2D eigenvalue weighted by Gasteiger charge is -2.30. The molecule has 3 rings (SSSR count). The Bertz CT molecular complexity index is 655. The SMILES string of the molecule is COc1cccc(OC2CCC(NC(=O)C3CCC(=O)N3)CC2)c1OC. The lowest BCUT2D eigenvalue weighted by atomic mass is 9.92. The number of methoxy groups -OCH3 is 2. The van der Waals surface area contributed by atoms with E-state index < -0.39 is 0 Å². The first-order chi connectivity index (χ1) is 12.6. The third kappa shape index (κ3) is 4.20. The van der Waals surface area contributed by atoms with Gasteiger partial charge >= 0.3 is 0 Å². The molecule has 2 amide bonds. The third-order valence-corrected chi connectivity index (χ3v) is 4.99. The lowest BCUT2D eigenvalue weighted by molar-refractivity contribution is -0.126. The van der Waals surface area contributed by atoms with Gasteiger partial charge in [0.25, 0.3) is 0 Å². The average molecular weight is 362 g/mol. The Morgan fingerprint density at radius 3 is 2.42 bits per heavy atom. The fraction of sp³-hybridized carbons (Fsp3) is 0.579.